The van der Waals surface area contributed by atoms with E-state index in [1.54, 1.807) is 38.1 Å². The second-order valence-electron chi connectivity index (χ2n) is 13.8. The second kappa shape index (κ2) is 19.3. The summed E-state index contributed by atoms with van der Waals surface area (Å²) >= 11 is 0. The molecule has 2 saturated heterocycles. The van der Waals surface area contributed by atoms with Crippen LogP contribution in [0.3, 0.4) is 0 Å². The summed E-state index contributed by atoms with van der Waals surface area (Å²) < 4.78 is 94.7. The molecule has 0 aliphatic carbocycles. The predicted octanol–water partition coefficient (Wildman–Crippen LogP) is 3.47. The van der Waals surface area contributed by atoms with Crippen LogP contribution in [0.15, 0.2) is 88.7 Å². The van der Waals surface area contributed by atoms with Gasteiger partial charge in [-0.1, -0.05) is 65.7 Å². The lowest BCUT2D eigenvalue weighted by atomic mass is 9.94. The summed E-state index contributed by atoms with van der Waals surface area (Å²) in [6, 6.07) is 21.6. The minimum atomic E-state index is -4.27. The summed E-state index contributed by atoms with van der Waals surface area (Å²) in [4.78, 5) is 23.0. The highest BCUT2D eigenvalue weighted by Gasteiger charge is 2.54. The fourth-order valence-corrected chi connectivity index (χ4v) is 8.31. The summed E-state index contributed by atoms with van der Waals surface area (Å²) in [5.74, 6) is -3.44. The van der Waals surface area contributed by atoms with Gasteiger partial charge in [-0.3, -0.25) is 18.0 Å². The lowest BCUT2D eigenvalue weighted by Gasteiger charge is -2.45. The van der Waals surface area contributed by atoms with E-state index in [1.165, 1.54) is 52.1 Å². The van der Waals surface area contributed by atoms with E-state index < -0.39 is 93.1 Å². The van der Waals surface area contributed by atoms with Gasteiger partial charge in [0, 0.05) is 21.0 Å². The molecule has 0 bridgehead atoms. The molecule has 0 saturated carbocycles. The molecule has 10 atom stereocenters. The number of aliphatic hydroxyl groups excluding tert-OH is 1. The molecule has 2 heterocycles. The number of ether oxygens (including phenoxy) is 6. The van der Waals surface area contributed by atoms with Gasteiger partial charge in [-0.05, 0) is 64.4 Å². The first-order valence-corrected chi connectivity index (χ1v) is 20.7. The minimum absolute atomic E-state index is 0.0143. The Bertz CT molecular complexity index is 2000. The number of hydrogen-bond acceptors (Lipinski definition) is 16. The molecule has 0 amide bonds. The van der Waals surface area contributed by atoms with Crippen molar-refractivity contribution in [1.82, 2.24) is 0 Å². The lowest BCUT2D eigenvalue weighted by molar-refractivity contribution is -0.332. The standard InChI is InChI=1S/C23H28O8S.C16H22O8S/c1-15-10-12-19(13-11-15)32(25,26)31-21-20(28-14-18-8-6-5-7-9-18)16(2)29-23(27-4)22(21)30-17(3)24;1-9-5-7-12(8-6-9)25(20,21)24-14-13(18)10(2)23-16(4,19)15(14)22-11(3)17/h5-13,16,20-23H,14H2,1-4H3;5-8,10,13-15,18-19H,1-4H3/t16-,20+,21+,22-,23+;10-,13+,14+,15-,16+/m00/s1. The van der Waals surface area contributed by atoms with Gasteiger partial charge in [-0.15, -0.1) is 0 Å². The van der Waals surface area contributed by atoms with Crippen LogP contribution in [-0.4, -0.2) is 107 Å². The van der Waals surface area contributed by atoms with E-state index in [0.717, 1.165) is 23.6 Å². The van der Waals surface area contributed by atoms with Gasteiger partial charge in [0.1, 0.15) is 24.4 Å². The SMILES string of the molecule is CC(=O)O[C@H]1[C@H](OS(=O)(=O)c2ccc(C)cc2)[C@H](O)[C@H](C)O[C@@]1(C)O.CO[C@@H]1O[C@@H](C)[C@@H](OCc2ccccc2)[C@@H](OS(=O)(=O)c2ccc(C)cc2)[C@@H]1OC(C)=O. The van der Waals surface area contributed by atoms with Crippen LogP contribution < -0.4 is 0 Å². The Morgan fingerprint density at radius 2 is 1.21 bits per heavy atom. The average Bonchev–Trinajstić information content (AvgIpc) is 3.13. The van der Waals surface area contributed by atoms with Crippen LogP contribution in [0.2, 0.25) is 0 Å². The van der Waals surface area contributed by atoms with Gasteiger partial charge in [0.15, 0.2) is 18.5 Å². The maximum absolute atomic E-state index is 13.1. The van der Waals surface area contributed by atoms with E-state index in [0.29, 0.717) is 0 Å². The molecule has 0 aromatic heterocycles. The number of aryl methyl sites for hydroxylation is 2. The van der Waals surface area contributed by atoms with Crippen LogP contribution in [0.5, 0.6) is 0 Å². The van der Waals surface area contributed by atoms with E-state index in [-0.39, 0.29) is 16.4 Å². The molecule has 314 valence electrons. The van der Waals surface area contributed by atoms with Crippen molar-refractivity contribution in [3.05, 3.63) is 95.6 Å². The molecule has 0 radical (unpaired) electrons. The molecular formula is C39H50O16S2. The average molecular weight is 839 g/mol. The highest BCUT2D eigenvalue weighted by molar-refractivity contribution is 7.87. The lowest BCUT2D eigenvalue weighted by Crippen LogP contribution is -2.64. The molecule has 5 rings (SSSR count). The highest BCUT2D eigenvalue weighted by Crippen LogP contribution is 2.34. The Kier molecular flexibility index (Phi) is 15.5. The van der Waals surface area contributed by atoms with Crippen molar-refractivity contribution in [2.45, 2.75) is 126 Å². The molecular weight excluding hydrogens is 789 g/mol. The monoisotopic (exact) mass is 838 g/mol. The van der Waals surface area contributed by atoms with Crippen LogP contribution >= 0.6 is 0 Å². The summed E-state index contributed by atoms with van der Waals surface area (Å²) in [5, 5.41) is 20.7. The number of aliphatic hydroxyl groups is 2. The topological polar surface area (TPSA) is 217 Å². The van der Waals surface area contributed by atoms with Gasteiger partial charge in [0.2, 0.25) is 5.79 Å². The molecule has 18 heteroatoms. The number of rotatable bonds is 12. The van der Waals surface area contributed by atoms with Crippen molar-refractivity contribution in [1.29, 1.82) is 0 Å². The first-order valence-electron chi connectivity index (χ1n) is 17.9. The molecule has 57 heavy (non-hydrogen) atoms. The maximum Gasteiger partial charge on any atom is 0.303 e. The Balaban J connectivity index is 0.000000261. The van der Waals surface area contributed by atoms with Gasteiger partial charge in [-0.25, -0.2) is 0 Å². The summed E-state index contributed by atoms with van der Waals surface area (Å²) in [7, 11) is -7.09. The normalized spacial score (nSPS) is 29.1. The fraction of sp³-hybridized carbons (Fsp3) is 0.487. The van der Waals surface area contributed by atoms with Crippen molar-refractivity contribution >= 4 is 32.2 Å². The van der Waals surface area contributed by atoms with Gasteiger partial charge in [0.05, 0.1) is 28.6 Å². The number of methoxy groups -OCH3 is 1. The van der Waals surface area contributed by atoms with Crippen LogP contribution in [0.4, 0.5) is 0 Å². The molecule has 2 N–H and O–H groups in total. The minimum Gasteiger partial charge on any atom is -0.454 e. The first-order chi connectivity index (χ1) is 26.6. The van der Waals surface area contributed by atoms with Crippen molar-refractivity contribution in [2.24, 2.45) is 0 Å². The van der Waals surface area contributed by atoms with E-state index in [2.05, 4.69) is 0 Å². The fourth-order valence-electron chi connectivity index (χ4n) is 6.13. The molecule has 0 unspecified atom stereocenters. The number of carbonyl (C=O) groups is 2. The van der Waals surface area contributed by atoms with E-state index in [1.807, 2.05) is 37.3 Å². The number of carbonyl (C=O) groups excluding carboxylic acids is 2. The van der Waals surface area contributed by atoms with E-state index in [9.17, 15) is 36.6 Å². The van der Waals surface area contributed by atoms with Crippen LogP contribution in [0.25, 0.3) is 0 Å². The largest absolute Gasteiger partial charge is 0.454 e. The Morgan fingerprint density at radius 3 is 1.68 bits per heavy atom. The molecule has 2 fully saturated rings. The van der Waals surface area contributed by atoms with E-state index in [4.69, 9.17) is 36.8 Å². The Hall–Kier alpha value is -3.82. The third-order valence-corrected chi connectivity index (χ3v) is 11.7. The third kappa shape index (κ3) is 12.1. The Labute approximate surface area is 333 Å². The molecule has 0 spiro atoms. The first kappa shape index (κ1) is 45.9. The third-order valence-electron chi connectivity index (χ3n) is 9.00. The molecule has 2 aliphatic heterocycles. The zero-order valence-electron chi connectivity index (χ0n) is 32.8. The second-order valence-corrected chi connectivity index (χ2v) is 17.0. The quantitative estimate of drug-likeness (QED) is 0.197. The summed E-state index contributed by atoms with van der Waals surface area (Å²) in [5.41, 5.74) is 2.65. The Morgan fingerprint density at radius 1 is 0.719 bits per heavy atom. The van der Waals surface area contributed by atoms with Gasteiger partial charge in [-0.2, -0.15) is 16.8 Å². The van der Waals surface area contributed by atoms with Crippen LogP contribution in [0.1, 0.15) is 51.3 Å². The smallest absolute Gasteiger partial charge is 0.303 e. The zero-order chi connectivity index (χ0) is 42.3. The summed E-state index contributed by atoms with van der Waals surface area (Å²) in [6.45, 7) is 10.5. The van der Waals surface area contributed by atoms with Crippen molar-refractivity contribution < 1.29 is 73.4 Å². The van der Waals surface area contributed by atoms with E-state index >= 15 is 0 Å². The van der Waals surface area contributed by atoms with Crippen molar-refractivity contribution in [3.8, 4) is 0 Å². The van der Waals surface area contributed by atoms with Gasteiger partial charge >= 0.3 is 11.9 Å². The zero-order valence-corrected chi connectivity index (χ0v) is 34.5. The van der Waals surface area contributed by atoms with Gasteiger partial charge < -0.3 is 38.6 Å². The number of esters is 2. The molecule has 3 aromatic rings. The van der Waals surface area contributed by atoms with Crippen molar-refractivity contribution in [2.75, 3.05) is 7.11 Å². The molecule has 3 aromatic carbocycles. The number of benzene rings is 3. The number of hydrogen-bond donors (Lipinski definition) is 2. The van der Waals surface area contributed by atoms with Gasteiger partial charge in [0.25, 0.3) is 20.2 Å². The predicted molar refractivity (Wildman–Crippen MR) is 201 cm³/mol. The summed E-state index contributed by atoms with van der Waals surface area (Å²) in [6.07, 6.45) is -10.3. The van der Waals surface area contributed by atoms with Crippen LogP contribution in [-0.2, 0) is 73.2 Å². The maximum atomic E-state index is 13.1. The van der Waals surface area contributed by atoms with Crippen molar-refractivity contribution in [3.63, 3.8) is 0 Å². The molecule has 2 aliphatic rings. The van der Waals surface area contributed by atoms with Crippen LogP contribution in [0, 0.1) is 13.8 Å². The molecule has 16 nitrogen and oxygen atoms in total. The highest BCUT2D eigenvalue weighted by atomic mass is 32.2.